The Bertz CT molecular complexity index is 1290. The molecule has 3 rings (SSSR count). The van der Waals surface area contributed by atoms with Crippen molar-refractivity contribution in [3.63, 3.8) is 0 Å². The second-order valence-corrected chi connectivity index (χ2v) is 15.6. The van der Waals surface area contributed by atoms with Crippen LogP contribution in [-0.2, 0) is 20.4 Å². The van der Waals surface area contributed by atoms with Crippen LogP contribution in [0.25, 0.3) is 0 Å². The van der Waals surface area contributed by atoms with Crippen molar-refractivity contribution in [2.75, 3.05) is 13.2 Å². The molecule has 4 nitrogen and oxygen atoms in total. The summed E-state index contributed by atoms with van der Waals surface area (Å²) in [5.74, 6) is 7.68. The average Bonchev–Trinajstić information content (AvgIpc) is 2.98. The Morgan fingerprint density at radius 2 is 1.48 bits per heavy atom. The Labute approximate surface area is 254 Å². The first-order valence-corrected chi connectivity index (χ1v) is 17.1. The zero-order chi connectivity index (χ0) is 30.3. The van der Waals surface area contributed by atoms with Gasteiger partial charge < -0.3 is 13.9 Å². The standard InChI is InChI=1S/C37H46O4Si/c1-6-32(30-36(38)39-7-2)41-33-23-20-22-31(29-33)21-14-10-8-9-11-19-28-40-42(37(3,4)5,34-24-15-12-16-25-34)35-26-17-13-18-27-35/h12-13,15-18,20,22-27,29-30H,6-8,10,14,19,21,28H2,1-5H3/b32-30+. The molecule has 0 aromatic heterocycles. The van der Waals surface area contributed by atoms with Gasteiger partial charge in [0.05, 0.1) is 12.7 Å². The number of benzene rings is 3. The quantitative estimate of drug-likeness (QED) is 0.0490. The molecule has 3 aromatic rings. The predicted octanol–water partition coefficient (Wildman–Crippen LogP) is 7.61. The topological polar surface area (TPSA) is 44.8 Å². The van der Waals surface area contributed by atoms with E-state index in [0.29, 0.717) is 25.4 Å². The summed E-state index contributed by atoms with van der Waals surface area (Å²) in [5, 5.41) is 2.57. The molecule has 0 radical (unpaired) electrons. The summed E-state index contributed by atoms with van der Waals surface area (Å²) in [7, 11) is -2.50. The first kappa shape index (κ1) is 32.9. The molecule has 0 saturated carbocycles. The Morgan fingerprint density at radius 3 is 2.07 bits per heavy atom. The van der Waals surface area contributed by atoms with Crippen LogP contribution in [0.4, 0.5) is 0 Å². The van der Waals surface area contributed by atoms with Gasteiger partial charge in [-0.05, 0) is 59.3 Å². The second-order valence-electron chi connectivity index (χ2n) is 11.3. The van der Waals surface area contributed by atoms with Crippen LogP contribution in [0.1, 0.15) is 72.3 Å². The molecule has 5 heteroatoms. The van der Waals surface area contributed by atoms with E-state index in [1.807, 2.05) is 25.1 Å². The minimum Gasteiger partial charge on any atom is -0.463 e. The van der Waals surface area contributed by atoms with E-state index in [1.54, 1.807) is 6.92 Å². The first-order valence-electron chi connectivity index (χ1n) is 15.1. The van der Waals surface area contributed by atoms with Crippen LogP contribution >= 0.6 is 0 Å². The van der Waals surface area contributed by atoms with Crippen LogP contribution in [-0.4, -0.2) is 27.5 Å². The fourth-order valence-electron chi connectivity index (χ4n) is 5.17. The highest BCUT2D eigenvalue weighted by Crippen LogP contribution is 2.36. The molecule has 0 N–H and O–H groups in total. The molecule has 0 spiro atoms. The maximum absolute atomic E-state index is 11.8. The summed E-state index contributed by atoms with van der Waals surface area (Å²) in [6.45, 7) is 11.6. The number of esters is 1. The van der Waals surface area contributed by atoms with Crippen molar-refractivity contribution < 1.29 is 18.7 Å². The summed E-state index contributed by atoms with van der Waals surface area (Å²) in [4.78, 5) is 11.8. The van der Waals surface area contributed by atoms with E-state index >= 15 is 0 Å². The van der Waals surface area contributed by atoms with Crippen molar-refractivity contribution in [1.29, 1.82) is 0 Å². The smallest absolute Gasteiger partial charge is 0.334 e. The number of allylic oxidation sites excluding steroid dienone is 1. The van der Waals surface area contributed by atoms with Crippen LogP contribution in [0.5, 0.6) is 5.75 Å². The van der Waals surface area contributed by atoms with E-state index in [2.05, 4.69) is 99.3 Å². The molecule has 0 bridgehead atoms. The number of hydrogen-bond acceptors (Lipinski definition) is 4. The van der Waals surface area contributed by atoms with E-state index in [4.69, 9.17) is 13.9 Å². The van der Waals surface area contributed by atoms with Crippen molar-refractivity contribution >= 4 is 24.7 Å². The molecular weight excluding hydrogens is 536 g/mol. The lowest BCUT2D eigenvalue weighted by molar-refractivity contribution is -0.137. The van der Waals surface area contributed by atoms with Gasteiger partial charge in [0, 0.05) is 25.9 Å². The molecule has 0 aliphatic heterocycles. The van der Waals surface area contributed by atoms with Crippen molar-refractivity contribution in [2.45, 2.75) is 78.2 Å². The lowest BCUT2D eigenvalue weighted by Gasteiger charge is -2.43. The van der Waals surface area contributed by atoms with Gasteiger partial charge in [0.2, 0.25) is 0 Å². The maximum atomic E-state index is 11.8. The Hall–Kier alpha value is -3.59. The van der Waals surface area contributed by atoms with Crippen LogP contribution in [0.2, 0.25) is 5.04 Å². The van der Waals surface area contributed by atoms with Crippen LogP contribution in [0, 0.1) is 11.8 Å². The molecule has 0 saturated heterocycles. The Morgan fingerprint density at radius 1 is 0.833 bits per heavy atom. The Balaban J connectivity index is 1.50. The lowest BCUT2D eigenvalue weighted by atomic mass is 10.1. The molecule has 0 amide bonds. The third kappa shape index (κ3) is 9.47. The number of carbonyl (C=O) groups excluding carboxylic acids is 1. The van der Waals surface area contributed by atoms with Crippen LogP contribution < -0.4 is 15.1 Å². The average molecular weight is 583 g/mol. The molecule has 0 fully saturated rings. The second kappa shape index (κ2) is 16.7. The predicted molar refractivity (Wildman–Crippen MR) is 176 cm³/mol. The molecule has 0 atom stereocenters. The molecule has 0 aliphatic carbocycles. The lowest BCUT2D eigenvalue weighted by Crippen LogP contribution is -2.66. The molecular formula is C37H46O4Si. The summed E-state index contributed by atoms with van der Waals surface area (Å²) >= 11 is 0. The molecule has 0 aliphatic rings. The highest BCUT2D eigenvalue weighted by molar-refractivity contribution is 6.99. The minimum atomic E-state index is -2.50. The van der Waals surface area contributed by atoms with Crippen LogP contribution in [0.15, 0.2) is 96.8 Å². The van der Waals surface area contributed by atoms with Gasteiger partial charge >= 0.3 is 5.97 Å². The third-order valence-electron chi connectivity index (χ3n) is 7.17. The zero-order valence-corrected chi connectivity index (χ0v) is 27.0. The fraction of sp³-hybridized carbons (Fsp3) is 0.378. The van der Waals surface area contributed by atoms with E-state index in [0.717, 1.165) is 37.9 Å². The Kier molecular flexibility index (Phi) is 13.1. The monoisotopic (exact) mass is 582 g/mol. The highest BCUT2D eigenvalue weighted by atomic mass is 28.4. The molecule has 222 valence electrons. The summed E-state index contributed by atoms with van der Waals surface area (Å²) in [6.07, 6.45) is 6.69. The van der Waals surface area contributed by atoms with Gasteiger partial charge in [-0.15, -0.1) is 11.8 Å². The normalized spacial score (nSPS) is 11.9. The van der Waals surface area contributed by atoms with Crippen molar-refractivity contribution in [3.05, 3.63) is 102 Å². The fourth-order valence-corrected chi connectivity index (χ4v) is 9.73. The number of rotatable bonds is 14. The van der Waals surface area contributed by atoms with Crippen molar-refractivity contribution in [1.82, 2.24) is 0 Å². The molecule has 0 heterocycles. The van der Waals surface area contributed by atoms with Gasteiger partial charge in [0.25, 0.3) is 8.32 Å². The number of carbonyl (C=O) groups is 1. The SMILES string of the molecule is CCOC(=O)/C=C(\CC)Oc1cccc(CCCCC#CCCO[Si](c2ccccc2)(c2ccccc2)C(C)(C)C)c1. The van der Waals surface area contributed by atoms with Crippen LogP contribution in [0.3, 0.4) is 0 Å². The van der Waals surface area contributed by atoms with Gasteiger partial charge in [-0.2, -0.15) is 0 Å². The molecule has 42 heavy (non-hydrogen) atoms. The number of ether oxygens (including phenoxy) is 2. The minimum absolute atomic E-state index is 0.0270. The number of unbranched alkanes of at least 4 members (excludes halogenated alkanes) is 2. The number of hydrogen-bond donors (Lipinski definition) is 0. The summed E-state index contributed by atoms with van der Waals surface area (Å²) in [6, 6.07) is 29.6. The largest absolute Gasteiger partial charge is 0.463 e. The van der Waals surface area contributed by atoms with E-state index in [9.17, 15) is 4.79 Å². The van der Waals surface area contributed by atoms with Crippen molar-refractivity contribution in [3.8, 4) is 17.6 Å². The summed E-state index contributed by atoms with van der Waals surface area (Å²) < 4.78 is 17.9. The van der Waals surface area contributed by atoms with E-state index in [-0.39, 0.29) is 11.0 Å². The van der Waals surface area contributed by atoms with E-state index < -0.39 is 8.32 Å². The number of aryl methyl sites for hydroxylation is 1. The van der Waals surface area contributed by atoms with E-state index in [1.165, 1.54) is 22.0 Å². The maximum Gasteiger partial charge on any atom is 0.334 e. The highest BCUT2D eigenvalue weighted by Gasteiger charge is 2.49. The summed E-state index contributed by atoms with van der Waals surface area (Å²) in [5.41, 5.74) is 1.21. The van der Waals surface area contributed by atoms with Gasteiger partial charge in [0.1, 0.15) is 11.5 Å². The molecule has 0 unspecified atom stereocenters. The van der Waals surface area contributed by atoms with Gasteiger partial charge in [0.15, 0.2) is 0 Å². The van der Waals surface area contributed by atoms with Gasteiger partial charge in [-0.3, -0.25) is 0 Å². The molecule has 3 aromatic carbocycles. The van der Waals surface area contributed by atoms with Gasteiger partial charge in [-0.1, -0.05) is 100 Å². The van der Waals surface area contributed by atoms with Gasteiger partial charge in [-0.25, -0.2) is 4.79 Å². The van der Waals surface area contributed by atoms with Crippen molar-refractivity contribution in [2.24, 2.45) is 0 Å². The zero-order valence-electron chi connectivity index (χ0n) is 26.0. The first-order chi connectivity index (χ1) is 20.3. The third-order valence-corrected chi connectivity index (χ3v) is 12.2.